The zero-order valence-corrected chi connectivity index (χ0v) is 13.0. The number of benzene rings is 1. The number of nitrogens with zero attached hydrogens (tertiary/aromatic N) is 1. The van der Waals surface area contributed by atoms with E-state index in [9.17, 15) is 9.18 Å². The molecule has 120 valence electrons. The molecule has 1 aliphatic heterocycles. The van der Waals surface area contributed by atoms with Gasteiger partial charge < -0.3 is 10.6 Å². The smallest absolute Gasteiger partial charge is 0.166 e. The molecule has 1 aliphatic carbocycles. The number of carbonyl (C=O) groups is 1. The lowest BCUT2D eigenvalue weighted by Gasteiger charge is -2.41. The van der Waals surface area contributed by atoms with Gasteiger partial charge in [-0.15, -0.1) is 0 Å². The van der Waals surface area contributed by atoms with Crippen molar-refractivity contribution in [2.75, 3.05) is 26.2 Å². The second-order valence-corrected chi connectivity index (χ2v) is 6.78. The van der Waals surface area contributed by atoms with Gasteiger partial charge in [0.05, 0.1) is 0 Å². The van der Waals surface area contributed by atoms with Crippen molar-refractivity contribution in [3.63, 3.8) is 0 Å². The number of rotatable bonds is 5. The standard InChI is InChI=1S/C18H25FN2O/c19-17-5-3-13(4-6-17)18(22)14-7-9-21(10-8-14)12-16-2-1-15(16)11-20/h3-6,14-16H,1-2,7-12,20H2/t15-,16-/m0/s1. The van der Waals surface area contributed by atoms with Gasteiger partial charge in [-0.1, -0.05) is 0 Å². The van der Waals surface area contributed by atoms with E-state index in [0.29, 0.717) is 11.5 Å². The van der Waals surface area contributed by atoms with E-state index < -0.39 is 0 Å². The molecule has 0 bridgehead atoms. The van der Waals surface area contributed by atoms with Crippen molar-refractivity contribution < 1.29 is 9.18 Å². The molecule has 22 heavy (non-hydrogen) atoms. The Balaban J connectivity index is 1.49. The Labute approximate surface area is 131 Å². The van der Waals surface area contributed by atoms with Crippen LogP contribution in [0.1, 0.15) is 36.0 Å². The van der Waals surface area contributed by atoms with Crippen LogP contribution in [0, 0.1) is 23.6 Å². The minimum atomic E-state index is -0.290. The number of piperidine rings is 1. The Kier molecular flexibility index (Phi) is 4.89. The number of Topliss-reactive ketones (excluding diaryl/α,β-unsaturated/α-hetero) is 1. The Morgan fingerprint density at radius 1 is 1.09 bits per heavy atom. The molecule has 0 aromatic heterocycles. The Hall–Kier alpha value is -1.26. The monoisotopic (exact) mass is 304 g/mol. The summed E-state index contributed by atoms with van der Waals surface area (Å²) in [5.41, 5.74) is 6.42. The van der Waals surface area contributed by atoms with E-state index in [-0.39, 0.29) is 17.5 Å². The number of likely N-dealkylation sites (tertiary alicyclic amines) is 1. The van der Waals surface area contributed by atoms with E-state index in [2.05, 4.69) is 4.90 Å². The van der Waals surface area contributed by atoms with Crippen molar-refractivity contribution in [3.8, 4) is 0 Å². The lowest BCUT2D eigenvalue weighted by atomic mass is 9.73. The van der Waals surface area contributed by atoms with Crippen molar-refractivity contribution in [3.05, 3.63) is 35.6 Å². The van der Waals surface area contributed by atoms with Crippen LogP contribution in [0.3, 0.4) is 0 Å². The number of carbonyl (C=O) groups excluding carboxylic acids is 1. The quantitative estimate of drug-likeness (QED) is 0.851. The fraction of sp³-hybridized carbons (Fsp3) is 0.611. The van der Waals surface area contributed by atoms with Crippen molar-refractivity contribution in [2.45, 2.75) is 25.7 Å². The molecule has 1 aromatic carbocycles. The maximum Gasteiger partial charge on any atom is 0.166 e. The third-order valence-corrected chi connectivity index (χ3v) is 5.46. The van der Waals surface area contributed by atoms with Crippen LogP contribution in [0.4, 0.5) is 4.39 Å². The van der Waals surface area contributed by atoms with Gasteiger partial charge >= 0.3 is 0 Å². The molecule has 1 aromatic rings. The van der Waals surface area contributed by atoms with Crippen LogP contribution >= 0.6 is 0 Å². The second-order valence-electron chi connectivity index (χ2n) is 6.78. The zero-order valence-electron chi connectivity index (χ0n) is 13.0. The number of hydrogen-bond acceptors (Lipinski definition) is 3. The van der Waals surface area contributed by atoms with Crippen molar-refractivity contribution in [2.24, 2.45) is 23.5 Å². The molecule has 3 nitrogen and oxygen atoms in total. The molecule has 1 saturated heterocycles. The number of halogens is 1. The molecule has 0 radical (unpaired) electrons. The van der Waals surface area contributed by atoms with Crippen LogP contribution in [0.2, 0.25) is 0 Å². The molecular weight excluding hydrogens is 279 g/mol. The average Bonchev–Trinajstić information content (AvgIpc) is 2.53. The molecular formula is C18H25FN2O. The normalized spacial score (nSPS) is 26.6. The lowest BCUT2D eigenvalue weighted by Crippen LogP contribution is -2.44. The molecule has 2 aliphatic rings. The summed E-state index contributed by atoms with van der Waals surface area (Å²) in [7, 11) is 0. The minimum Gasteiger partial charge on any atom is -0.330 e. The Bertz CT molecular complexity index is 506. The summed E-state index contributed by atoms with van der Waals surface area (Å²) in [6, 6.07) is 5.94. The van der Waals surface area contributed by atoms with E-state index in [4.69, 9.17) is 5.73 Å². The predicted octanol–water partition coefficient (Wildman–Crippen LogP) is 2.71. The van der Waals surface area contributed by atoms with Crippen molar-refractivity contribution >= 4 is 5.78 Å². The van der Waals surface area contributed by atoms with Gasteiger partial charge in [-0.2, -0.15) is 0 Å². The lowest BCUT2D eigenvalue weighted by molar-refractivity contribution is 0.0723. The van der Waals surface area contributed by atoms with Gasteiger partial charge in [0.15, 0.2) is 5.78 Å². The SMILES string of the molecule is NC[C@@H]1CC[C@H]1CN1CCC(C(=O)c2ccc(F)cc2)CC1. The van der Waals surface area contributed by atoms with Gasteiger partial charge in [0, 0.05) is 18.0 Å². The summed E-state index contributed by atoms with van der Waals surface area (Å²) in [6.07, 6.45) is 4.41. The van der Waals surface area contributed by atoms with Crippen molar-refractivity contribution in [1.29, 1.82) is 0 Å². The summed E-state index contributed by atoms with van der Waals surface area (Å²) in [5, 5.41) is 0. The van der Waals surface area contributed by atoms with E-state index in [1.165, 1.54) is 25.0 Å². The maximum absolute atomic E-state index is 12.9. The summed E-state index contributed by atoms with van der Waals surface area (Å²) in [6.45, 7) is 3.93. The highest BCUT2D eigenvalue weighted by Gasteiger charge is 2.33. The maximum atomic E-state index is 12.9. The van der Waals surface area contributed by atoms with Gasteiger partial charge in [-0.3, -0.25) is 4.79 Å². The average molecular weight is 304 g/mol. The second kappa shape index (κ2) is 6.88. The van der Waals surface area contributed by atoms with Crippen molar-refractivity contribution in [1.82, 2.24) is 4.90 Å². The first-order chi connectivity index (χ1) is 10.7. The van der Waals surface area contributed by atoms with E-state index in [1.54, 1.807) is 12.1 Å². The van der Waals surface area contributed by atoms with Crippen LogP contribution in [-0.2, 0) is 0 Å². The molecule has 4 heteroatoms. The topological polar surface area (TPSA) is 46.3 Å². The molecule has 1 saturated carbocycles. The highest BCUT2D eigenvalue weighted by atomic mass is 19.1. The summed E-state index contributed by atoms with van der Waals surface area (Å²) < 4.78 is 12.9. The van der Waals surface area contributed by atoms with Gasteiger partial charge in [-0.25, -0.2) is 4.39 Å². The molecule has 1 heterocycles. The Morgan fingerprint density at radius 3 is 2.27 bits per heavy atom. The highest BCUT2D eigenvalue weighted by Crippen LogP contribution is 2.35. The highest BCUT2D eigenvalue weighted by molar-refractivity contribution is 5.97. The largest absolute Gasteiger partial charge is 0.330 e. The van der Waals surface area contributed by atoms with E-state index >= 15 is 0 Å². The molecule has 0 amide bonds. The summed E-state index contributed by atoms with van der Waals surface area (Å²) in [5.74, 6) is 1.44. The first kappa shape index (κ1) is 15.6. The first-order valence-electron chi connectivity index (χ1n) is 8.39. The number of hydrogen-bond donors (Lipinski definition) is 1. The summed E-state index contributed by atoms with van der Waals surface area (Å²) in [4.78, 5) is 14.9. The zero-order chi connectivity index (χ0) is 15.5. The van der Waals surface area contributed by atoms with Gasteiger partial charge in [0.1, 0.15) is 5.82 Å². The third-order valence-electron chi connectivity index (χ3n) is 5.46. The van der Waals surface area contributed by atoms with Crippen LogP contribution < -0.4 is 5.73 Å². The Morgan fingerprint density at radius 2 is 1.73 bits per heavy atom. The van der Waals surface area contributed by atoms with Gasteiger partial charge in [-0.05, 0) is 81.4 Å². The van der Waals surface area contributed by atoms with E-state index in [0.717, 1.165) is 44.9 Å². The first-order valence-corrected chi connectivity index (χ1v) is 8.39. The van der Waals surface area contributed by atoms with E-state index in [1.807, 2.05) is 0 Å². The third kappa shape index (κ3) is 3.39. The van der Waals surface area contributed by atoms with Crippen LogP contribution in [-0.4, -0.2) is 36.9 Å². The summed E-state index contributed by atoms with van der Waals surface area (Å²) >= 11 is 0. The van der Waals surface area contributed by atoms with Crippen LogP contribution in [0.25, 0.3) is 0 Å². The molecule has 3 rings (SSSR count). The molecule has 2 N–H and O–H groups in total. The number of nitrogens with two attached hydrogens (primary N) is 1. The molecule has 2 atom stereocenters. The van der Waals surface area contributed by atoms with Crippen LogP contribution in [0.15, 0.2) is 24.3 Å². The fourth-order valence-corrected chi connectivity index (χ4v) is 3.75. The fourth-order valence-electron chi connectivity index (χ4n) is 3.75. The number of ketones is 1. The minimum absolute atomic E-state index is 0.0911. The van der Waals surface area contributed by atoms with Crippen LogP contribution in [0.5, 0.6) is 0 Å². The molecule has 0 spiro atoms. The van der Waals surface area contributed by atoms with Gasteiger partial charge in [0.25, 0.3) is 0 Å². The van der Waals surface area contributed by atoms with Gasteiger partial charge in [0.2, 0.25) is 0 Å². The molecule has 2 fully saturated rings. The predicted molar refractivity (Wildman–Crippen MR) is 85.2 cm³/mol. The molecule has 0 unspecified atom stereocenters.